The average molecular weight is 387 g/mol. The lowest BCUT2D eigenvalue weighted by Crippen LogP contribution is -2.39. The van der Waals surface area contributed by atoms with Gasteiger partial charge in [0.2, 0.25) is 0 Å². The Morgan fingerprint density at radius 3 is 2.30 bits per heavy atom. The molecule has 1 heterocycles. The van der Waals surface area contributed by atoms with Crippen LogP contribution in [0.3, 0.4) is 0 Å². The van der Waals surface area contributed by atoms with Gasteiger partial charge < -0.3 is 9.64 Å². The summed E-state index contributed by atoms with van der Waals surface area (Å²) in [5.41, 5.74) is -0.545. The first-order valence-corrected chi connectivity index (χ1v) is 8.76. The maximum absolute atomic E-state index is 12.5. The van der Waals surface area contributed by atoms with Gasteiger partial charge in [-0.3, -0.25) is 4.90 Å². The number of carbonyl (C=O) groups is 1. The van der Waals surface area contributed by atoms with Crippen LogP contribution in [0.1, 0.15) is 41.0 Å². The second-order valence-corrected chi connectivity index (χ2v) is 7.02. The van der Waals surface area contributed by atoms with Crippen molar-refractivity contribution >= 4 is 27.8 Å². The molecule has 1 aromatic heterocycles. The van der Waals surface area contributed by atoms with Gasteiger partial charge >= 0.3 is 6.09 Å². The monoisotopic (exact) mass is 386 g/mol. The Morgan fingerprint density at radius 1 is 1.17 bits per heavy atom. The van der Waals surface area contributed by atoms with Gasteiger partial charge in [0.25, 0.3) is 0 Å². The summed E-state index contributed by atoms with van der Waals surface area (Å²) in [6.07, 6.45) is 3.61. The molecule has 7 heteroatoms. The molecule has 0 saturated carbocycles. The fourth-order valence-corrected chi connectivity index (χ4v) is 2.26. The molecule has 0 bridgehead atoms. The largest absolute Gasteiger partial charge is 0.443 e. The van der Waals surface area contributed by atoms with E-state index >= 15 is 0 Å². The third-order valence-corrected chi connectivity index (χ3v) is 3.66. The quantitative estimate of drug-likeness (QED) is 0.714. The molecular weight excluding hydrogens is 360 g/mol. The number of ether oxygens (including phenoxy) is 1. The molecule has 6 nitrogen and oxygen atoms in total. The minimum absolute atomic E-state index is 0.395. The summed E-state index contributed by atoms with van der Waals surface area (Å²) in [5.74, 6) is 0.502. The molecule has 0 aliphatic heterocycles. The molecule has 0 aromatic carbocycles. The molecule has 0 N–H and O–H groups in total. The second-order valence-electron chi connectivity index (χ2n) is 6.21. The summed E-state index contributed by atoms with van der Waals surface area (Å²) < 4.78 is 6.12. The molecule has 130 valence electrons. The normalized spacial score (nSPS) is 11.6. The van der Waals surface area contributed by atoms with Crippen LogP contribution in [-0.4, -0.2) is 52.7 Å². The summed E-state index contributed by atoms with van der Waals surface area (Å²) in [6.45, 7) is 13.3. The summed E-state index contributed by atoms with van der Waals surface area (Å²) >= 11 is 3.26. The maximum atomic E-state index is 12.5. The summed E-state index contributed by atoms with van der Waals surface area (Å²) in [4.78, 5) is 24.8. The lowest BCUT2D eigenvalue weighted by atomic mass is 10.2. The Balaban J connectivity index is 2.80. The Morgan fingerprint density at radius 2 is 1.83 bits per heavy atom. The number of aromatic nitrogens is 2. The lowest BCUT2D eigenvalue weighted by molar-refractivity contribution is 0.0577. The first-order valence-electron chi connectivity index (χ1n) is 7.97. The van der Waals surface area contributed by atoms with Crippen molar-refractivity contribution in [3.63, 3.8) is 0 Å². The van der Waals surface area contributed by atoms with E-state index in [0.29, 0.717) is 17.0 Å². The first kappa shape index (κ1) is 19.8. The molecule has 0 spiro atoms. The third kappa shape index (κ3) is 7.26. The van der Waals surface area contributed by atoms with Crippen LogP contribution in [0, 0.1) is 0 Å². The van der Waals surface area contributed by atoms with E-state index in [0.717, 1.165) is 26.1 Å². The molecule has 0 aliphatic carbocycles. The van der Waals surface area contributed by atoms with Crippen LogP contribution in [0.2, 0.25) is 0 Å². The van der Waals surface area contributed by atoms with Crippen molar-refractivity contribution in [1.29, 1.82) is 0 Å². The smallest absolute Gasteiger partial charge is 0.416 e. The average Bonchev–Trinajstić information content (AvgIpc) is 2.47. The molecule has 0 atom stereocenters. The van der Waals surface area contributed by atoms with E-state index in [4.69, 9.17) is 4.74 Å². The number of carbonyl (C=O) groups excluding carboxylic acids is 1. The van der Waals surface area contributed by atoms with Gasteiger partial charge in [-0.15, -0.1) is 0 Å². The molecule has 0 radical (unpaired) electrons. The molecule has 0 aliphatic rings. The molecule has 0 unspecified atom stereocenters. The Labute approximate surface area is 147 Å². The van der Waals surface area contributed by atoms with Gasteiger partial charge in [-0.2, -0.15) is 0 Å². The van der Waals surface area contributed by atoms with Gasteiger partial charge in [0, 0.05) is 6.54 Å². The van der Waals surface area contributed by atoms with Gasteiger partial charge in [-0.25, -0.2) is 14.8 Å². The van der Waals surface area contributed by atoms with Gasteiger partial charge in [0.05, 0.1) is 12.4 Å². The molecule has 1 rings (SSSR count). The van der Waals surface area contributed by atoms with Crippen LogP contribution in [0.4, 0.5) is 10.6 Å². The van der Waals surface area contributed by atoms with Gasteiger partial charge in [0.1, 0.15) is 10.2 Å². The van der Waals surface area contributed by atoms with Gasteiger partial charge in [-0.05, 0) is 62.8 Å². The molecule has 1 aromatic rings. The van der Waals surface area contributed by atoms with Crippen LogP contribution in [0.5, 0.6) is 0 Å². The topological polar surface area (TPSA) is 58.6 Å². The molecule has 1 amide bonds. The number of anilines is 1. The molecular formula is C16H27BrN4O2. The fraction of sp³-hybridized carbons (Fsp3) is 0.688. The van der Waals surface area contributed by atoms with E-state index in [1.165, 1.54) is 0 Å². The summed E-state index contributed by atoms with van der Waals surface area (Å²) in [6, 6.07) is 0. The number of rotatable bonds is 7. The van der Waals surface area contributed by atoms with Gasteiger partial charge in [-0.1, -0.05) is 13.8 Å². The highest BCUT2D eigenvalue weighted by Gasteiger charge is 2.24. The van der Waals surface area contributed by atoms with E-state index in [1.807, 2.05) is 20.8 Å². The zero-order valence-electron chi connectivity index (χ0n) is 14.7. The van der Waals surface area contributed by atoms with Gasteiger partial charge in [0.15, 0.2) is 5.82 Å². The van der Waals surface area contributed by atoms with E-state index in [9.17, 15) is 4.79 Å². The van der Waals surface area contributed by atoms with E-state index in [-0.39, 0.29) is 0 Å². The van der Waals surface area contributed by atoms with Crippen molar-refractivity contribution in [3.05, 3.63) is 17.0 Å². The van der Waals surface area contributed by atoms with E-state index in [2.05, 4.69) is 44.6 Å². The zero-order valence-corrected chi connectivity index (χ0v) is 16.3. The maximum Gasteiger partial charge on any atom is 0.416 e. The number of nitrogens with zero attached hydrogens (tertiary/aromatic N) is 4. The van der Waals surface area contributed by atoms with E-state index < -0.39 is 11.7 Å². The van der Waals surface area contributed by atoms with Crippen LogP contribution in [0.15, 0.2) is 17.0 Å². The minimum Gasteiger partial charge on any atom is -0.443 e. The van der Waals surface area contributed by atoms with Crippen molar-refractivity contribution in [2.24, 2.45) is 0 Å². The zero-order chi connectivity index (χ0) is 17.5. The standard InChI is InChI=1S/C16H27BrN4O2/c1-6-20(7-2)9-8-10-21(15(22)23-16(3,4)5)14-12-18-13(17)11-19-14/h11-12H,6-10H2,1-5H3. The second kappa shape index (κ2) is 9.17. The highest BCUT2D eigenvalue weighted by Crippen LogP contribution is 2.17. The van der Waals surface area contributed by atoms with Crippen molar-refractivity contribution in [3.8, 4) is 0 Å². The van der Waals surface area contributed by atoms with Crippen LogP contribution < -0.4 is 4.90 Å². The summed E-state index contributed by atoms with van der Waals surface area (Å²) in [7, 11) is 0. The number of halogens is 1. The highest BCUT2D eigenvalue weighted by molar-refractivity contribution is 9.10. The van der Waals surface area contributed by atoms with Crippen molar-refractivity contribution in [2.45, 2.75) is 46.6 Å². The lowest BCUT2D eigenvalue weighted by Gasteiger charge is -2.27. The fourth-order valence-electron chi connectivity index (χ4n) is 2.05. The predicted molar refractivity (Wildman–Crippen MR) is 95.7 cm³/mol. The Kier molecular flexibility index (Phi) is 7.91. The van der Waals surface area contributed by atoms with Crippen LogP contribution >= 0.6 is 15.9 Å². The molecule has 0 saturated heterocycles. The number of hydrogen-bond acceptors (Lipinski definition) is 5. The SMILES string of the molecule is CCN(CC)CCCN(C(=O)OC(C)(C)C)c1cnc(Br)cn1. The minimum atomic E-state index is -0.545. The first-order chi connectivity index (χ1) is 10.8. The number of hydrogen-bond donors (Lipinski definition) is 0. The van der Waals surface area contributed by atoms with Crippen molar-refractivity contribution < 1.29 is 9.53 Å². The Bertz CT molecular complexity index is 484. The predicted octanol–water partition coefficient (Wildman–Crippen LogP) is 3.71. The van der Waals surface area contributed by atoms with Crippen LogP contribution in [0.25, 0.3) is 0 Å². The highest BCUT2D eigenvalue weighted by atomic mass is 79.9. The molecule has 23 heavy (non-hydrogen) atoms. The van der Waals surface area contributed by atoms with E-state index in [1.54, 1.807) is 17.3 Å². The summed E-state index contributed by atoms with van der Waals surface area (Å²) in [5, 5.41) is 0. The van der Waals surface area contributed by atoms with Crippen molar-refractivity contribution in [2.75, 3.05) is 31.1 Å². The van der Waals surface area contributed by atoms with Crippen LogP contribution in [-0.2, 0) is 4.74 Å². The Hall–Kier alpha value is -1.21. The third-order valence-electron chi connectivity index (χ3n) is 3.25. The van der Waals surface area contributed by atoms with Crippen molar-refractivity contribution in [1.82, 2.24) is 14.9 Å². The molecule has 0 fully saturated rings. The number of amides is 1.